The second-order valence-corrected chi connectivity index (χ2v) is 19.1. The van der Waals surface area contributed by atoms with Gasteiger partial charge in [0.1, 0.15) is 0 Å². The van der Waals surface area contributed by atoms with Gasteiger partial charge < -0.3 is 4.90 Å². The van der Waals surface area contributed by atoms with Gasteiger partial charge in [0.2, 0.25) is 0 Å². The summed E-state index contributed by atoms with van der Waals surface area (Å²) in [5.41, 5.74) is 21.4. The Bertz CT molecular complexity index is 3420. The molecule has 1 aromatic heterocycles. The molecule has 12 rings (SSSR count). The zero-order chi connectivity index (χ0) is 41.7. The predicted molar refractivity (Wildman–Crippen MR) is 265 cm³/mol. The third kappa shape index (κ3) is 5.46. The zero-order valence-electron chi connectivity index (χ0n) is 35.4. The van der Waals surface area contributed by atoms with Crippen LogP contribution in [0.1, 0.15) is 49.9 Å². The van der Waals surface area contributed by atoms with Gasteiger partial charge in [0.05, 0.1) is 5.69 Å². The molecule has 0 bridgehead atoms. The molecule has 9 aromatic carbocycles. The first-order chi connectivity index (χ1) is 30.3. The van der Waals surface area contributed by atoms with E-state index in [1.165, 1.54) is 98.1 Å². The largest absolute Gasteiger partial charge is 0.310 e. The Morgan fingerprint density at radius 3 is 1.74 bits per heavy atom. The second kappa shape index (κ2) is 13.8. The Kier molecular flexibility index (Phi) is 8.17. The van der Waals surface area contributed by atoms with Crippen LogP contribution in [0, 0.1) is 0 Å². The third-order valence-electron chi connectivity index (χ3n) is 13.9. The summed E-state index contributed by atoms with van der Waals surface area (Å²) in [6.45, 7) is 9.49. The summed E-state index contributed by atoms with van der Waals surface area (Å²) in [4.78, 5) is 2.47. The summed E-state index contributed by atoms with van der Waals surface area (Å²) in [5.74, 6) is 0. The molecule has 62 heavy (non-hydrogen) atoms. The minimum absolute atomic E-state index is 0.0965. The van der Waals surface area contributed by atoms with Gasteiger partial charge in [-0.3, -0.25) is 0 Å². The van der Waals surface area contributed by atoms with Crippen LogP contribution >= 0.6 is 11.3 Å². The van der Waals surface area contributed by atoms with Crippen LogP contribution in [-0.2, 0) is 10.8 Å². The van der Waals surface area contributed by atoms with E-state index < -0.39 is 0 Å². The van der Waals surface area contributed by atoms with Gasteiger partial charge in [-0.05, 0) is 121 Å². The fourth-order valence-electron chi connectivity index (χ4n) is 10.9. The number of anilines is 3. The molecule has 0 fully saturated rings. The van der Waals surface area contributed by atoms with Crippen molar-refractivity contribution in [1.82, 2.24) is 0 Å². The van der Waals surface area contributed by atoms with Crippen molar-refractivity contribution in [3.05, 3.63) is 222 Å². The van der Waals surface area contributed by atoms with Crippen molar-refractivity contribution in [2.24, 2.45) is 0 Å². The summed E-state index contributed by atoms with van der Waals surface area (Å²) in [7, 11) is 0. The van der Waals surface area contributed by atoms with Gasteiger partial charge in [0.25, 0.3) is 0 Å². The molecule has 1 nitrogen and oxygen atoms in total. The quantitative estimate of drug-likeness (QED) is 0.162. The second-order valence-electron chi connectivity index (χ2n) is 18.1. The number of para-hydroxylation sites is 1. The normalized spacial score (nSPS) is 14.1. The average Bonchev–Trinajstić information content (AvgIpc) is 3.89. The lowest BCUT2D eigenvalue weighted by atomic mass is 9.79. The number of rotatable bonds is 6. The summed E-state index contributed by atoms with van der Waals surface area (Å²) in [6.07, 6.45) is 0. The van der Waals surface area contributed by atoms with Crippen LogP contribution < -0.4 is 4.90 Å². The standard InChI is InChI=1S/C60H45NS/c1-59(2)51-25-9-5-19-46(51)48-35-32-40(37-53(48)59)43-18-7-11-27-54(43)61(41-33-30-38(31-34-41)44-22-15-29-56-57(44)50-21-8-12-28-55(50)62-56)42-17-13-16-39(36-42)45-23-14-24-49-47-20-6-10-26-52(47)60(3,4)58(45)49/h5-37H,1-4H3. The highest BCUT2D eigenvalue weighted by molar-refractivity contribution is 7.25. The Morgan fingerprint density at radius 2 is 0.919 bits per heavy atom. The lowest BCUT2D eigenvalue weighted by Crippen LogP contribution is -2.16. The molecule has 2 aliphatic rings. The van der Waals surface area contributed by atoms with E-state index in [2.05, 4.69) is 233 Å². The average molecular weight is 812 g/mol. The highest BCUT2D eigenvalue weighted by Gasteiger charge is 2.38. The maximum Gasteiger partial charge on any atom is 0.0540 e. The molecular weight excluding hydrogens is 767 g/mol. The minimum Gasteiger partial charge on any atom is -0.310 e. The molecule has 0 saturated heterocycles. The Morgan fingerprint density at radius 1 is 0.355 bits per heavy atom. The molecule has 0 saturated carbocycles. The van der Waals surface area contributed by atoms with Gasteiger partial charge in [-0.1, -0.05) is 179 Å². The maximum absolute atomic E-state index is 2.47. The monoisotopic (exact) mass is 811 g/mol. The van der Waals surface area contributed by atoms with Crippen molar-refractivity contribution in [1.29, 1.82) is 0 Å². The van der Waals surface area contributed by atoms with Crippen LogP contribution in [0.25, 0.3) is 75.8 Å². The van der Waals surface area contributed by atoms with Crippen molar-refractivity contribution in [3.63, 3.8) is 0 Å². The number of thiophene rings is 1. The van der Waals surface area contributed by atoms with Crippen LogP contribution in [0.15, 0.2) is 200 Å². The molecule has 10 aromatic rings. The van der Waals surface area contributed by atoms with Gasteiger partial charge in [-0.25, -0.2) is 0 Å². The Hall–Kier alpha value is -7.00. The summed E-state index contributed by atoms with van der Waals surface area (Å²) in [5, 5.41) is 2.65. The number of fused-ring (bicyclic) bond motifs is 9. The molecule has 0 unspecified atom stereocenters. The van der Waals surface area contributed by atoms with Gasteiger partial charge >= 0.3 is 0 Å². The van der Waals surface area contributed by atoms with Crippen molar-refractivity contribution >= 4 is 48.6 Å². The third-order valence-corrected chi connectivity index (χ3v) is 15.0. The van der Waals surface area contributed by atoms with Crippen molar-refractivity contribution in [3.8, 4) is 55.6 Å². The molecule has 296 valence electrons. The lowest BCUT2D eigenvalue weighted by molar-refractivity contribution is 0.660. The zero-order valence-corrected chi connectivity index (χ0v) is 36.2. The first-order valence-corrected chi connectivity index (χ1v) is 22.6. The maximum atomic E-state index is 2.47. The molecule has 2 aliphatic carbocycles. The van der Waals surface area contributed by atoms with Crippen LogP contribution in [0.2, 0.25) is 0 Å². The molecule has 0 amide bonds. The molecule has 2 heteroatoms. The topological polar surface area (TPSA) is 3.24 Å². The highest BCUT2D eigenvalue weighted by atomic mass is 32.1. The minimum atomic E-state index is -0.127. The number of nitrogens with zero attached hydrogens (tertiary/aromatic N) is 1. The molecule has 0 aliphatic heterocycles. The van der Waals surface area contributed by atoms with Gasteiger partial charge in [0, 0.05) is 47.9 Å². The SMILES string of the molecule is CC1(C)c2ccccc2-c2ccc(-c3ccccc3N(c3ccc(-c4cccc5sc6ccccc6c45)cc3)c3cccc(-c4cccc5c4C(C)(C)c4ccccc4-5)c3)cc21. The molecule has 0 spiro atoms. The lowest BCUT2D eigenvalue weighted by Gasteiger charge is -2.29. The van der Waals surface area contributed by atoms with Gasteiger partial charge in [-0.2, -0.15) is 0 Å². The van der Waals surface area contributed by atoms with Crippen molar-refractivity contribution < 1.29 is 0 Å². The van der Waals surface area contributed by atoms with Crippen LogP contribution in [0.3, 0.4) is 0 Å². The molecule has 0 atom stereocenters. The fourth-order valence-corrected chi connectivity index (χ4v) is 12.1. The van der Waals surface area contributed by atoms with Crippen LogP contribution in [-0.4, -0.2) is 0 Å². The van der Waals surface area contributed by atoms with E-state index >= 15 is 0 Å². The summed E-state index contributed by atoms with van der Waals surface area (Å²) >= 11 is 1.87. The highest BCUT2D eigenvalue weighted by Crippen LogP contribution is 2.54. The number of hydrogen-bond donors (Lipinski definition) is 0. The van der Waals surface area contributed by atoms with E-state index in [1.807, 2.05) is 11.3 Å². The number of benzene rings is 9. The van der Waals surface area contributed by atoms with E-state index in [9.17, 15) is 0 Å². The van der Waals surface area contributed by atoms with E-state index in [4.69, 9.17) is 0 Å². The van der Waals surface area contributed by atoms with Crippen molar-refractivity contribution in [2.75, 3.05) is 4.90 Å². The summed E-state index contributed by atoms with van der Waals surface area (Å²) in [6, 6.07) is 74.8. The smallest absolute Gasteiger partial charge is 0.0540 e. The predicted octanol–water partition coefficient (Wildman–Crippen LogP) is 17.1. The van der Waals surface area contributed by atoms with Crippen LogP contribution in [0.5, 0.6) is 0 Å². The molecule has 0 N–H and O–H groups in total. The van der Waals surface area contributed by atoms with Gasteiger partial charge in [0.15, 0.2) is 0 Å². The van der Waals surface area contributed by atoms with E-state index in [1.54, 1.807) is 0 Å². The van der Waals surface area contributed by atoms with Gasteiger partial charge in [-0.15, -0.1) is 11.3 Å². The number of hydrogen-bond acceptors (Lipinski definition) is 2. The van der Waals surface area contributed by atoms with E-state index in [-0.39, 0.29) is 10.8 Å². The Balaban J connectivity index is 1.03. The first kappa shape index (κ1) is 36.8. The molecular formula is C60H45NS. The van der Waals surface area contributed by atoms with E-state index in [0.717, 1.165) is 17.1 Å². The molecule has 0 radical (unpaired) electrons. The fraction of sp³-hybridized carbons (Fsp3) is 0.100. The molecule has 1 heterocycles. The van der Waals surface area contributed by atoms with Crippen molar-refractivity contribution in [2.45, 2.75) is 38.5 Å². The van der Waals surface area contributed by atoms with E-state index in [0.29, 0.717) is 0 Å². The Labute approximate surface area is 368 Å². The summed E-state index contributed by atoms with van der Waals surface area (Å²) < 4.78 is 2.64. The first-order valence-electron chi connectivity index (χ1n) is 21.8. The van der Waals surface area contributed by atoms with Crippen LogP contribution in [0.4, 0.5) is 17.1 Å².